The van der Waals surface area contributed by atoms with Crippen LogP contribution in [0.4, 0.5) is 24.1 Å². The van der Waals surface area contributed by atoms with Gasteiger partial charge in [-0.3, -0.25) is 4.79 Å². The lowest BCUT2D eigenvalue weighted by Gasteiger charge is -2.32. The molecule has 0 radical (unpaired) electrons. The van der Waals surface area contributed by atoms with E-state index in [0.717, 1.165) is 51.8 Å². The molecule has 0 atom stereocenters. The standard InChI is InChI=1S/C22H24F3N5OS/c1-3-14-12-16(13(2)27-20(14)31)17-4-5-19(32-17)28-15-7-10-30(11-8-15)21-26-9-6-18(29-21)22(23,24)25/h4-6,9,12,15,28H,3,7-8,10-11H2,1-2H3,(H,27,31). The number of aromatic nitrogens is 3. The van der Waals surface area contributed by atoms with Gasteiger partial charge in [-0.05, 0) is 50.5 Å². The summed E-state index contributed by atoms with van der Waals surface area (Å²) in [5.41, 5.74) is 1.67. The number of H-pyrrole nitrogens is 1. The minimum Gasteiger partial charge on any atom is -0.374 e. The Morgan fingerprint density at radius 3 is 2.69 bits per heavy atom. The van der Waals surface area contributed by atoms with Crippen molar-refractivity contribution in [1.29, 1.82) is 0 Å². The normalized spacial score (nSPS) is 15.2. The van der Waals surface area contributed by atoms with Crippen LogP contribution < -0.4 is 15.8 Å². The fraction of sp³-hybridized carbons (Fsp3) is 0.409. The van der Waals surface area contributed by atoms with Gasteiger partial charge in [-0.15, -0.1) is 11.3 Å². The van der Waals surface area contributed by atoms with Crippen LogP contribution in [-0.4, -0.2) is 34.1 Å². The number of aryl methyl sites for hydroxylation is 2. The summed E-state index contributed by atoms with van der Waals surface area (Å²) in [6.07, 6.45) is -1.11. The van der Waals surface area contributed by atoms with Gasteiger partial charge in [-0.1, -0.05) is 6.92 Å². The van der Waals surface area contributed by atoms with E-state index in [1.54, 1.807) is 16.2 Å². The lowest BCUT2D eigenvalue weighted by atomic mass is 10.1. The van der Waals surface area contributed by atoms with E-state index in [4.69, 9.17) is 0 Å². The number of nitrogens with one attached hydrogen (secondary N) is 2. The molecule has 0 unspecified atom stereocenters. The summed E-state index contributed by atoms with van der Waals surface area (Å²) in [7, 11) is 0. The van der Waals surface area contributed by atoms with Gasteiger partial charge < -0.3 is 15.2 Å². The molecule has 1 saturated heterocycles. The van der Waals surface area contributed by atoms with Crippen LogP contribution in [0.2, 0.25) is 0 Å². The van der Waals surface area contributed by atoms with Crippen LogP contribution in [-0.2, 0) is 12.6 Å². The van der Waals surface area contributed by atoms with E-state index in [1.807, 2.05) is 32.0 Å². The Hall–Kier alpha value is -2.88. The van der Waals surface area contributed by atoms with Gasteiger partial charge >= 0.3 is 6.18 Å². The third-order valence-electron chi connectivity index (χ3n) is 5.63. The Bertz CT molecular complexity index is 1150. The van der Waals surface area contributed by atoms with Crippen molar-refractivity contribution in [2.24, 2.45) is 0 Å². The number of alkyl halides is 3. The van der Waals surface area contributed by atoms with Gasteiger partial charge in [0.25, 0.3) is 5.56 Å². The summed E-state index contributed by atoms with van der Waals surface area (Å²) in [6, 6.07) is 7.13. The lowest BCUT2D eigenvalue weighted by molar-refractivity contribution is -0.141. The topological polar surface area (TPSA) is 73.9 Å². The SMILES string of the molecule is CCc1cc(-c2ccc(NC3CCN(c4nccc(C(F)(F)F)n4)CC3)s2)c(C)[nH]c1=O. The molecule has 0 bridgehead atoms. The molecule has 6 nitrogen and oxygen atoms in total. The van der Waals surface area contributed by atoms with Crippen LogP contribution >= 0.6 is 11.3 Å². The molecule has 4 rings (SSSR count). The quantitative estimate of drug-likeness (QED) is 0.565. The molecule has 32 heavy (non-hydrogen) atoms. The largest absolute Gasteiger partial charge is 0.433 e. The van der Waals surface area contributed by atoms with Crippen molar-refractivity contribution >= 4 is 22.3 Å². The molecule has 10 heteroatoms. The third kappa shape index (κ3) is 4.79. The fourth-order valence-electron chi connectivity index (χ4n) is 3.83. The fourth-order valence-corrected chi connectivity index (χ4v) is 4.89. The Balaban J connectivity index is 1.40. The second-order valence-electron chi connectivity index (χ2n) is 7.83. The second kappa shape index (κ2) is 8.93. The number of pyridine rings is 1. The Kier molecular flexibility index (Phi) is 6.23. The molecule has 4 heterocycles. The van der Waals surface area contributed by atoms with E-state index in [-0.39, 0.29) is 17.5 Å². The first-order chi connectivity index (χ1) is 15.2. The zero-order valence-corrected chi connectivity index (χ0v) is 18.6. The summed E-state index contributed by atoms with van der Waals surface area (Å²) in [4.78, 5) is 25.5. The third-order valence-corrected chi connectivity index (χ3v) is 6.67. The maximum atomic E-state index is 12.9. The molecule has 1 fully saturated rings. The minimum absolute atomic E-state index is 0.0415. The van der Waals surface area contributed by atoms with Crippen LogP contribution in [0, 0.1) is 6.92 Å². The van der Waals surface area contributed by atoms with Crippen LogP contribution in [0.25, 0.3) is 10.4 Å². The minimum atomic E-state index is -4.48. The van der Waals surface area contributed by atoms with E-state index >= 15 is 0 Å². The molecule has 2 N–H and O–H groups in total. The number of aromatic amines is 1. The van der Waals surface area contributed by atoms with Gasteiger partial charge in [0.1, 0.15) is 5.69 Å². The molecule has 1 aliphatic rings. The highest BCUT2D eigenvalue weighted by molar-refractivity contribution is 7.19. The summed E-state index contributed by atoms with van der Waals surface area (Å²) in [6.45, 7) is 5.02. The Morgan fingerprint density at radius 1 is 1.25 bits per heavy atom. The highest BCUT2D eigenvalue weighted by atomic mass is 32.1. The monoisotopic (exact) mass is 463 g/mol. The van der Waals surface area contributed by atoms with Gasteiger partial charge in [0.2, 0.25) is 5.95 Å². The summed E-state index contributed by atoms with van der Waals surface area (Å²) >= 11 is 1.62. The highest BCUT2D eigenvalue weighted by Crippen LogP contribution is 2.34. The van der Waals surface area contributed by atoms with Crippen molar-refractivity contribution in [3.63, 3.8) is 0 Å². The number of thiophene rings is 1. The molecule has 0 spiro atoms. The summed E-state index contributed by atoms with van der Waals surface area (Å²) in [5.74, 6) is 0.122. The van der Waals surface area contributed by atoms with Gasteiger partial charge in [0.05, 0.1) is 5.00 Å². The number of halogens is 3. The first kappa shape index (κ1) is 22.3. The van der Waals surface area contributed by atoms with Crippen LogP contribution in [0.3, 0.4) is 0 Å². The van der Waals surface area contributed by atoms with Gasteiger partial charge in [0, 0.05) is 47.0 Å². The molecule has 1 aliphatic heterocycles. The van der Waals surface area contributed by atoms with Crippen molar-refractivity contribution in [2.45, 2.75) is 45.3 Å². The molecule has 3 aromatic rings. The predicted octanol–water partition coefficient (Wildman–Crippen LogP) is 4.86. The summed E-state index contributed by atoms with van der Waals surface area (Å²) in [5, 5.41) is 4.56. The zero-order chi connectivity index (χ0) is 22.9. The maximum Gasteiger partial charge on any atom is 0.433 e. The zero-order valence-electron chi connectivity index (χ0n) is 17.8. The van der Waals surface area contributed by atoms with Crippen molar-refractivity contribution in [3.05, 3.63) is 57.8 Å². The van der Waals surface area contributed by atoms with Crippen LogP contribution in [0.5, 0.6) is 0 Å². The lowest BCUT2D eigenvalue weighted by Crippen LogP contribution is -2.40. The molecule has 170 valence electrons. The molecule has 0 saturated carbocycles. The first-order valence-electron chi connectivity index (χ1n) is 10.5. The van der Waals surface area contributed by atoms with E-state index < -0.39 is 11.9 Å². The van der Waals surface area contributed by atoms with E-state index in [1.165, 1.54) is 0 Å². The molecule has 3 aromatic heterocycles. The number of hydrogen-bond acceptors (Lipinski definition) is 6. The van der Waals surface area contributed by atoms with Gasteiger partial charge in [-0.2, -0.15) is 13.2 Å². The smallest absolute Gasteiger partial charge is 0.374 e. The number of hydrogen-bond donors (Lipinski definition) is 2. The van der Waals surface area contributed by atoms with Crippen molar-refractivity contribution in [3.8, 4) is 10.4 Å². The van der Waals surface area contributed by atoms with Crippen molar-refractivity contribution in [1.82, 2.24) is 15.0 Å². The highest BCUT2D eigenvalue weighted by Gasteiger charge is 2.33. The number of rotatable bonds is 5. The Morgan fingerprint density at radius 2 is 2.00 bits per heavy atom. The maximum absolute atomic E-state index is 12.9. The number of nitrogens with zero attached hydrogens (tertiary/aromatic N) is 3. The average molecular weight is 464 g/mol. The molecule has 0 aromatic carbocycles. The van der Waals surface area contributed by atoms with E-state index in [0.29, 0.717) is 19.5 Å². The molecule has 0 aliphatic carbocycles. The van der Waals surface area contributed by atoms with E-state index in [9.17, 15) is 18.0 Å². The molecular weight excluding hydrogens is 439 g/mol. The van der Waals surface area contributed by atoms with Gasteiger partial charge in [-0.25, -0.2) is 9.97 Å². The second-order valence-corrected chi connectivity index (χ2v) is 8.91. The number of anilines is 2. The predicted molar refractivity (Wildman–Crippen MR) is 120 cm³/mol. The molecule has 0 amide bonds. The number of piperidine rings is 1. The van der Waals surface area contributed by atoms with Crippen molar-refractivity contribution in [2.75, 3.05) is 23.3 Å². The first-order valence-corrected chi connectivity index (χ1v) is 11.3. The van der Waals surface area contributed by atoms with Crippen LogP contribution in [0.15, 0.2) is 35.3 Å². The summed E-state index contributed by atoms with van der Waals surface area (Å²) < 4.78 is 38.7. The van der Waals surface area contributed by atoms with Crippen molar-refractivity contribution < 1.29 is 13.2 Å². The average Bonchev–Trinajstić information content (AvgIpc) is 3.22. The molecular formula is C22H24F3N5OS. The Labute approximate surface area is 187 Å². The van der Waals surface area contributed by atoms with Gasteiger partial charge in [0.15, 0.2) is 0 Å². The van der Waals surface area contributed by atoms with Crippen LogP contribution in [0.1, 0.15) is 36.7 Å². The van der Waals surface area contributed by atoms with E-state index in [2.05, 4.69) is 20.3 Å².